The van der Waals surface area contributed by atoms with Gasteiger partial charge in [-0.25, -0.2) is 22.9 Å². The van der Waals surface area contributed by atoms with Crippen molar-refractivity contribution in [2.24, 2.45) is 0 Å². The fourth-order valence-corrected chi connectivity index (χ4v) is 5.59. The number of rotatable bonds is 2. The second-order valence-corrected chi connectivity index (χ2v) is 10.9. The normalized spacial score (nSPS) is 17.2. The maximum Gasteiger partial charge on any atom is 0.338 e. The Morgan fingerprint density at radius 2 is 1.63 bits per heavy atom. The highest BCUT2D eigenvalue weighted by atomic mass is 32.2. The molecule has 0 fully saturated rings. The molecule has 0 aliphatic carbocycles. The van der Waals surface area contributed by atoms with Gasteiger partial charge in [0, 0.05) is 11.6 Å². The summed E-state index contributed by atoms with van der Waals surface area (Å²) in [5.74, 6) is -0.164. The number of hydrogen-bond donors (Lipinski definition) is 2. The Hall–Kier alpha value is -4.24. The van der Waals surface area contributed by atoms with Crippen molar-refractivity contribution in [2.45, 2.75) is 37.6 Å². The number of hydrogen-bond acceptors (Lipinski definition) is 7. The van der Waals surface area contributed by atoms with Crippen molar-refractivity contribution in [2.75, 3.05) is 16.6 Å². The Morgan fingerprint density at radius 1 is 0.895 bits per heavy atom. The lowest BCUT2D eigenvalue weighted by Crippen LogP contribution is -2.17. The van der Waals surface area contributed by atoms with Crippen LogP contribution in [-0.2, 0) is 14.8 Å². The molecule has 0 unspecified atom stereocenters. The molecule has 1 aliphatic heterocycles. The second-order valence-electron chi connectivity index (χ2n) is 9.25. The molecular weight excluding hydrogens is 500 g/mol. The Bertz CT molecular complexity index is 1570. The van der Waals surface area contributed by atoms with Crippen molar-refractivity contribution < 1.29 is 17.9 Å². The van der Waals surface area contributed by atoms with Crippen molar-refractivity contribution in [3.63, 3.8) is 0 Å². The number of anilines is 2. The van der Waals surface area contributed by atoms with Crippen molar-refractivity contribution >= 4 is 27.8 Å². The molecule has 8 nitrogen and oxygen atoms in total. The molecule has 1 aromatic heterocycles. The SMILES string of the molecule is Cc1cccc(C)c1-c1cc2nc(n1)NS(=O)(=O)c1cccc(c1)C(=O)OCCC[C@@H](c1ccccc1)N2. The number of carbonyl (C=O) groups excluding carboxylic acids is 1. The fourth-order valence-electron chi connectivity index (χ4n) is 4.60. The number of ether oxygens (including phenoxy) is 1. The van der Waals surface area contributed by atoms with Crippen LogP contribution in [-0.4, -0.2) is 31.0 Å². The van der Waals surface area contributed by atoms with E-state index in [1.807, 2.05) is 68.4 Å². The molecule has 194 valence electrons. The Morgan fingerprint density at radius 3 is 2.39 bits per heavy atom. The van der Waals surface area contributed by atoms with E-state index in [0.29, 0.717) is 24.4 Å². The molecule has 4 aromatic rings. The van der Waals surface area contributed by atoms with Gasteiger partial charge in [-0.2, -0.15) is 4.98 Å². The first-order valence-corrected chi connectivity index (χ1v) is 13.9. The number of fused-ring (bicyclic) bond motifs is 4. The Balaban J connectivity index is 1.65. The summed E-state index contributed by atoms with van der Waals surface area (Å²) in [5.41, 5.74) is 4.72. The van der Waals surface area contributed by atoms with Crippen LogP contribution in [0.5, 0.6) is 0 Å². The molecular formula is C29H28N4O4S. The van der Waals surface area contributed by atoms with Gasteiger partial charge in [-0.15, -0.1) is 0 Å². The highest BCUT2D eigenvalue weighted by molar-refractivity contribution is 7.92. The van der Waals surface area contributed by atoms with E-state index in [1.54, 1.807) is 0 Å². The largest absolute Gasteiger partial charge is 0.462 e. The van der Waals surface area contributed by atoms with Crippen molar-refractivity contribution in [3.8, 4) is 11.3 Å². The summed E-state index contributed by atoms with van der Waals surface area (Å²) in [6, 6.07) is 23.3. The monoisotopic (exact) mass is 528 g/mol. The van der Waals surface area contributed by atoms with E-state index in [1.165, 1.54) is 24.3 Å². The van der Waals surface area contributed by atoms with Crippen molar-refractivity contribution in [3.05, 3.63) is 101 Å². The first kappa shape index (κ1) is 25.4. The van der Waals surface area contributed by atoms with Crippen LogP contribution in [0, 0.1) is 13.8 Å². The topological polar surface area (TPSA) is 110 Å². The fraction of sp³-hybridized carbons (Fsp3) is 0.207. The van der Waals surface area contributed by atoms with Gasteiger partial charge in [0.1, 0.15) is 5.82 Å². The van der Waals surface area contributed by atoms with Gasteiger partial charge in [0.25, 0.3) is 10.0 Å². The average molecular weight is 529 g/mol. The van der Waals surface area contributed by atoms with E-state index in [2.05, 4.69) is 20.0 Å². The molecule has 4 bridgehead atoms. The van der Waals surface area contributed by atoms with Crippen LogP contribution >= 0.6 is 0 Å². The smallest absolute Gasteiger partial charge is 0.338 e. The van der Waals surface area contributed by atoms with E-state index in [-0.39, 0.29) is 29.1 Å². The summed E-state index contributed by atoms with van der Waals surface area (Å²) >= 11 is 0. The lowest BCUT2D eigenvalue weighted by molar-refractivity contribution is 0.0496. The third-order valence-electron chi connectivity index (χ3n) is 6.46. The third-order valence-corrected chi connectivity index (χ3v) is 7.79. The van der Waals surface area contributed by atoms with Crippen LogP contribution in [0.4, 0.5) is 11.8 Å². The van der Waals surface area contributed by atoms with Gasteiger partial charge in [-0.3, -0.25) is 0 Å². The maximum atomic E-state index is 13.3. The minimum absolute atomic E-state index is 0.0673. The third kappa shape index (κ3) is 5.52. The number of carbonyl (C=O) groups is 1. The molecule has 1 aliphatic rings. The van der Waals surface area contributed by atoms with Gasteiger partial charge in [-0.05, 0) is 61.6 Å². The molecule has 3 aromatic carbocycles. The number of aromatic nitrogens is 2. The van der Waals surface area contributed by atoms with Gasteiger partial charge in [0.05, 0.1) is 28.8 Å². The van der Waals surface area contributed by atoms with Gasteiger partial charge in [-0.1, -0.05) is 54.6 Å². The summed E-state index contributed by atoms with van der Waals surface area (Å²) in [4.78, 5) is 21.7. The van der Waals surface area contributed by atoms with Gasteiger partial charge in [0.2, 0.25) is 5.95 Å². The first-order chi connectivity index (χ1) is 18.3. The van der Waals surface area contributed by atoms with Crippen LogP contribution in [0.1, 0.15) is 45.9 Å². The predicted molar refractivity (Wildman–Crippen MR) is 147 cm³/mol. The molecule has 0 radical (unpaired) electrons. The lowest BCUT2D eigenvalue weighted by Gasteiger charge is -2.21. The highest BCUT2D eigenvalue weighted by Crippen LogP contribution is 2.31. The molecule has 9 heteroatoms. The van der Waals surface area contributed by atoms with Crippen LogP contribution in [0.25, 0.3) is 11.3 Å². The van der Waals surface area contributed by atoms with E-state index >= 15 is 0 Å². The lowest BCUT2D eigenvalue weighted by atomic mass is 9.99. The van der Waals surface area contributed by atoms with Gasteiger partial charge < -0.3 is 10.1 Å². The number of benzene rings is 3. The van der Waals surface area contributed by atoms with Crippen molar-refractivity contribution in [1.82, 2.24) is 9.97 Å². The van der Waals surface area contributed by atoms with E-state index in [0.717, 1.165) is 22.3 Å². The summed E-state index contributed by atoms with van der Waals surface area (Å²) < 4.78 is 34.6. The highest BCUT2D eigenvalue weighted by Gasteiger charge is 2.22. The predicted octanol–water partition coefficient (Wildman–Crippen LogP) is 5.67. The maximum absolute atomic E-state index is 13.3. The molecule has 2 heterocycles. The van der Waals surface area contributed by atoms with Crippen LogP contribution in [0.2, 0.25) is 0 Å². The summed E-state index contributed by atoms with van der Waals surface area (Å²) in [7, 11) is -4.10. The second kappa shape index (κ2) is 10.6. The molecule has 5 rings (SSSR count). The van der Waals surface area contributed by atoms with Crippen LogP contribution in [0.3, 0.4) is 0 Å². The van der Waals surface area contributed by atoms with Crippen molar-refractivity contribution in [1.29, 1.82) is 0 Å². The Labute approximate surface area is 222 Å². The average Bonchev–Trinajstić information content (AvgIpc) is 2.90. The standard InChI is InChI=1S/C29H28N4O4S/c1-19-9-6-10-20(2)27(19)25-18-26-30-24(21-11-4-3-5-12-21)15-8-16-37-28(34)22-13-7-14-23(17-22)38(35,36)33-29(31-25)32-26/h3-7,9-14,17-18,24H,8,15-16H2,1-2H3,(H2,30,31,32,33)/t24-/m0/s1. The number of sulfonamides is 1. The van der Waals surface area contributed by atoms with Crippen LogP contribution < -0.4 is 10.0 Å². The Kier molecular flexibility index (Phi) is 7.11. The molecule has 38 heavy (non-hydrogen) atoms. The quantitative estimate of drug-likeness (QED) is 0.323. The van der Waals surface area contributed by atoms with E-state index in [9.17, 15) is 13.2 Å². The molecule has 0 saturated heterocycles. The van der Waals surface area contributed by atoms with Crippen LogP contribution in [0.15, 0.2) is 83.8 Å². The first-order valence-electron chi connectivity index (χ1n) is 12.4. The number of aryl methyl sites for hydroxylation is 2. The zero-order chi connectivity index (χ0) is 26.7. The minimum Gasteiger partial charge on any atom is -0.462 e. The number of nitrogens with one attached hydrogen (secondary N) is 2. The summed E-state index contributed by atoms with van der Waals surface area (Å²) in [6.45, 7) is 4.18. The van der Waals surface area contributed by atoms with Gasteiger partial charge in [0.15, 0.2) is 0 Å². The number of esters is 1. The summed E-state index contributed by atoms with van der Waals surface area (Å²) in [5, 5.41) is 3.47. The van der Waals surface area contributed by atoms with Gasteiger partial charge >= 0.3 is 5.97 Å². The zero-order valence-electron chi connectivity index (χ0n) is 21.1. The number of cyclic esters (lactones) is 1. The molecule has 1 atom stereocenters. The molecule has 2 N–H and O–H groups in total. The molecule has 0 amide bonds. The van der Waals surface area contributed by atoms with E-state index in [4.69, 9.17) is 4.74 Å². The molecule has 0 saturated carbocycles. The zero-order valence-corrected chi connectivity index (χ0v) is 22.0. The minimum atomic E-state index is -4.10. The van der Waals surface area contributed by atoms with E-state index < -0.39 is 16.0 Å². The number of nitrogens with zero attached hydrogens (tertiary/aromatic N) is 2. The molecule has 0 spiro atoms. The summed E-state index contributed by atoms with van der Waals surface area (Å²) in [6.07, 6.45) is 1.25.